The monoisotopic (exact) mass is 334 g/mol. The number of benzene rings is 1. The highest BCUT2D eigenvalue weighted by molar-refractivity contribution is 7.98. The van der Waals surface area contributed by atoms with Crippen molar-refractivity contribution < 1.29 is 9.21 Å². The van der Waals surface area contributed by atoms with Crippen LogP contribution in [0.4, 0.5) is 5.69 Å². The fourth-order valence-corrected chi connectivity index (χ4v) is 2.44. The number of amides is 1. The van der Waals surface area contributed by atoms with Crippen molar-refractivity contribution in [3.63, 3.8) is 0 Å². The van der Waals surface area contributed by atoms with Crippen molar-refractivity contribution in [2.24, 2.45) is 0 Å². The van der Waals surface area contributed by atoms with Crippen LogP contribution < -0.4 is 5.32 Å². The standard InChI is InChI=1S/C14H11ClN4O2S/c1-7-17-10-5-8(3-4-11(10)21-7)18-13(20)12-9(15)6-16-14(19-12)22-2/h3-6H,1-2H3,(H,18,20). The zero-order valence-electron chi connectivity index (χ0n) is 11.8. The summed E-state index contributed by atoms with van der Waals surface area (Å²) in [5, 5.41) is 3.43. The van der Waals surface area contributed by atoms with Gasteiger partial charge in [-0.3, -0.25) is 4.79 Å². The molecule has 0 fully saturated rings. The summed E-state index contributed by atoms with van der Waals surface area (Å²) in [5.41, 5.74) is 2.07. The molecule has 0 radical (unpaired) electrons. The molecular formula is C14H11ClN4O2S. The van der Waals surface area contributed by atoms with E-state index in [1.165, 1.54) is 18.0 Å². The van der Waals surface area contributed by atoms with Gasteiger partial charge in [0.25, 0.3) is 5.91 Å². The predicted octanol–water partition coefficient (Wildman–Crippen LogP) is 3.55. The topological polar surface area (TPSA) is 80.9 Å². The number of aromatic nitrogens is 3. The van der Waals surface area contributed by atoms with Crippen LogP contribution in [0.5, 0.6) is 0 Å². The van der Waals surface area contributed by atoms with Crippen molar-refractivity contribution in [3.8, 4) is 0 Å². The van der Waals surface area contributed by atoms with E-state index in [-0.39, 0.29) is 10.7 Å². The molecule has 1 N–H and O–H groups in total. The number of fused-ring (bicyclic) bond motifs is 1. The molecule has 22 heavy (non-hydrogen) atoms. The van der Waals surface area contributed by atoms with E-state index in [0.29, 0.717) is 27.8 Å². The van der Waals surface area contributed by atoms with Crippen LogP contribution in [0.15, 0.2) is 34.0 Å². The van der Waals surface area contributed by atoms with Crippen molar-refractivity contribution in [1.29, 1.82) is 0 Å². The number of nitrogens with zero attached hydrogens (tertiary/aromatic N) is 3. The number of carbonyl (C=O) groups excluding carboxylic acids is 1. The Labute approximate surface area is 135 Å². The van der Waals surface area contributed by atoms with Crippen LogP contribution in [0.2, 0.25) is 5.02 Å². The largest absolute Gasteiger partial charge is 0.441 e. The van der Waals surface area contributed by atoms with Gasteiger partial charge >= 0.3 is 0 Å². The first-order valence-corrected chi connectivity index (χ1v) is 7.92. The first-order chi connectivity index (χ1) is 10.6. The van der Waals surface area contributed by atoms with Crippen LogP contribution in [0, 0.1) is 6.92 Å². The van der Waals surface area contributed by atoms with Crippen molar-refractivity contribution in [2.45, 2.75) is 12.1 Å². The number of rotatable bonds is 3. The van der Waals surface area contributed by atoms with Gasteiger partial charge in [0.1, 0.15) is 5.52 Å². The maximum absolute atomic E-state index is 12.3. The molecule has 2 aromatic heterocycles. The molecule has 0 saturated carbocycles. The SMILES string of the molecule is CSc1ncc(Cl)c(C(=O)Nc2ccc3oc(C)nc3c2)n1. The van der Waals surface area contributed by atoms with Crippen LogP contribution in [0.25, 0.3) is 11.1 Å². The summed E-state index contributed by atoms with van der Waals surface area (Å²) in [5.74, 6) is 0.171. The summed E-state index contributed by atoms with van der Waals surface area (Å²) in [6.07, 6.45) is 3.24. The maximum atomic E-state index is 12.3. The summed E-state index contributed by atoms with van der Waals surface area (Å²) >= 11 is 7.33. The van der Waals surface area contributed by atoms with Gasteiger partial charge in [0.2, 0.25) is 0 Å². The Morgan fingerprint density at radius 2 is 2.18 bits per heavy atom. The Morgan fingerprint density at radius 3 is 2.95 bits per heavy atom. The molecule has 1 aromatic carbocycles. The molecule has 0 unspecified atom stereocenters. The zero-order valence-corrected chi connectivity index (χ0v) is 13.3. The lowest BCUT2D eigenvalue weighted by Gasteiger charge is -2.06. The van der Waals surface area contributed by atoms with Crippen LogP contribution in [0.1, 0.15) is 16.4 Å². The van der Waals surface area contributed by atoms with Crippen LogP contribution >= 0.6 is 23.4 Å². The number of hydrogen-bond acceptors (Lipinski definition) is 6. The molecule has 8 heteroatoms. The number of thioether (sulfide) groups is 1. The van der Waals surface area contributed by atoms with Crippen molar-refractivity contribution >= 4 is 46.1 Å². The van der Waals surface area contributed by atoms with E-state index in [4.69, 9.17) is 16.0 Å². The second-order valence-corrected chi connectivity index (χ2v) is 5.60. The van der Waals surface area contributed by atoms with E-state index in [2.05, 4.69) is 20.3 Å². The summed E-state index contributed by atoms with van der Waals surface area (Å²) in [7, 11) is 0. The van der Waals surface area contributed by atoms with Gasteiger partial charge in [0.15, 0.2) is 22.3 Å². The maximum Gasteiger partial charge on any atom is 0.275 e. The normalized spacial score (nSPS) is 10.9. The second-order valence-electron chi connectivity index (χ2n) is 4.42. The molecule has 0 aliphatic heterocycles. The fourth-order valence-electron chi connectivity index (χ4n) is 1.92. The number of anilines is 1. The highest BCUT2D eigenvalue weighted by Crippen LogP contribution is 2.22. The molecular weight excluding hydrogens is 324 g/mol. The quantitative estimate of drug-likeness (QED) is 0.582. The summed E-state index contributed by atoms with van der Waals surface area (Å²) < 4.78 is 5.39. The van der Waals surface area contributed by atoms with Gasteiger partial charge in [-0.25, -0.2) is 15.0 Å². The number of oxazole rings is 1. The molecule has 3 rings (SSSR count). The Kier molecular flexibility index (Phi) is 4.00. The Bertz CT molecular complexity index is 865. The molecule has 2 heterocycles. The first kappa shape index (κ1) is 14.8. The molecule has 0 saturated heterocycles. The lowest BCUT2D eigenvalue weighted by molar-refractivity contribution is 0.102. The average Bonchev–Trinajstić information content (AvgIpc) is 2.87. The zero-order chi connectivity index (χ0) is 15.7. The Morgan fingerprint density at radius 1 is 1.36 bits per heavy atom. The van der Waals surface area contributed by atoms with E-state index in [9.17, 15) is 4.79 Å². The van der Waals surface area contributed by atoms with Crippen LogP contribution in [-0.2, 0) is 0 Å². The highest BCUT2D eigenvalue weighted by atomic mass is 35.5. The van der Waals surface area contributed by atoms with Gasteiger partial charge in [-0.15, -0.1) is 0 Å². The van der Waals surface area contributed by atoms with E-state index in [0.717, 1.165) is 0 Å². The molecule has 0 aliphatic rings. The minimum atomic E-state index is -0.401. The number of hydrogen-bond donors (Lipinski definition) is 1. The number of aryl methyl sites for hydroxylation is 1. The fraction of sp³-hybridized carbons (Fsp3) is 0.143. The number of carbonyl (C=O) groups is 1. The predicted molar refractivity (Wildman–Crippen MR) is 85.5 cm³/mol. The average molecular weight is 335 g/mol. The molecule has 1 amide bonds. The number of nitrogens with one attached hydrogen (secondary N) is 1. The molecule has 3 aromatic rings. The lowest BCUT2D eigenvalue weighted by Crippen LogP contribution is -2.15. The molecule has 0 bridgehead atoms. The third-order valence-electron chi connectivity index (χ3n) is 2.87. The number of halogens is 1. The highest BCUT2D eigenvalue weighted by Gasteiger charge is 2.15. The molecule has 0 spiro atoms. The molecule has 6 nitrogen and oxygen atoms in total. The summed E-state index contributed by atoms with van der Waals surface area (Å²) in [6, 6.07) is 5.21. The molecule has 0 aliphatic carbocycles. The van der Waals surface area contributed by atoms with Crippen molar-refractivity contribution in [2.75, 3.05) is 11.6 Å². The van der Waals surface area contributed by atoms with Gasteiger partial charge in [0, 0.05) is 12.6 Å². The first-order valence-electron chi connectivity index (χ1n) is 6.32. The van der Waals surface area contributed by atoms with E-state index < -0.39 is 5.91 Å². The third kappa shape index (κ3) is 2.90. The Hall–Kier alpha value is -2.12. The minimum Gasteiger partial charge on any atom is -0.441 e. The van der Waals surface area contributed by atoms with Gasteiger partial charge in [-0.1, -0.05) is 23.4 Å². The summed E-state index contributed by atoms with van der Waals surface area (Å²) in [6.45, 7) is 1.77. The second kappa shape index (κ2) is 5.94. The van der Waals surface area contributed by atoms with Crippen LogP contribution in [-0.4, -0.2) is 27.1 Å². The van der Waals surface area contributed by atoms with E-state index in [1.807, 2.05) is 6.26 Å². The minimum absolute atomic E-state index is 0.137. The molecule has 112 valence electrons. The van der Waals surface area contributed by atoms with Crippen LogP contribution in [0.3, 0.4) is 0 Å². The van der Waals surface area contributed by atoms with Crippen molar-refractivity contribution in [3.05, 3.63) is 41.0 Å². The van der Waals surface area contributed by atoms with Crippen molar-refractivity contribution in [1.82, 2.24) is 15.0 Å². The van der Waals surface area contributed by atoms with Gasteiger partial charge < -0.3 is 9.73 Å². The van der Waals surface area contributed by atoms with Gasteiger partial charge in [0.05, 0.1) is 11.2 Å². The van der Waals surface area contributed by atoms with E-state index >= 15 is 0 Å². The molecule has 0 atom stereocenters. The van der Waals surface area contributed by atoms with E-state index in [1.54, 1.807) is 25.1 Å². The summed E-state index contributed by atoms with van der Waals surface area (Å²) in [4.78, 5) is 24.7. The lowest BCUT2D eigenvalue weighted by atomic mass is 10.2. The van der Waals surface area contributed by atoms with Gasteiger partial charge in [-0.2, -0.15) is 0 Å². The van der Waals surface area contributed by atoms with Gasteiger partial charge in [-0.05, 0) is 24.5 Å². The Balaban J connectivity index is 1.89. The third-order valence-corrected chi connectivity index (χ3v) is 3.71. The smallest absolute Gasteiger partial charge is 0.275 e.